The minimum Gasteiger partial charge on any atom is -0.496 e. The zero-order valence-corrected chi connectivity index (χ0v) is 21.0. The average Bonchev–Trinajstić information content (AvgIpc) is 3.36. The van der Waals surface area contributed by atoms with Crippen LogP contribution in [0.2, 0.25) is 0 Å². The van der Waals surface area contributed by atoms with E-state index in [9.17, 15) is 14.4 Å². The van der Waals surface area contributed by atoms with Crippen LogP contribution in [0.15, 0.2) is 54.7 Å². The third-order valence-corrected chi connectivity index (χ3v) is 6.48. The highest BCUT2D eigenvalue weighted by molar-refractivity contribution is 6.45. The molecular weight excluding hydrogens is 458 g/mol. The van der Waals surface area contributed by atoms with Crippen molar-refractivity contribution in [3.05, 3.63) is 71.4 Å². The van der Waals surface area contributed by atoms with E-state index in [1.54, 1.807) is 34.2 Å². The first-order valence-corrected chi connectivity index (χ1v) is 12.1. The molecule has 1 aliphatic heterocycles. The quantitative estimate of drug-likeness (QED) is 0.306. The highest BCUT2D eigenvalue weighted by Gasteiger charge is 2.35. The van der Waals surface area contributed by atoms with Gasteiger partial charge in [0, 0.05) is 43.0 Å². The number of rotatable bonds is 7. The predicted octanol–water partition coefficient (Wildman–Crippen LogP) is 4.13. The summed E-state index contributed by atoms with van der Waals surface area (Å²) in [4.78, 5) is 46.1. The molecule has 0 spiro atoms. The number of aromatic amines is 1. The number of hydrogen-bond acceptors (Lipinski definition) is 5. The fourth-order valence-corrected chi connectivity index (χ4v) is 4.70. The third kappa shape index (κ3) is 4.58. The molecule has 1 fully saturated rings. The van der Waals surface area contributed by atoms with Gasteiger partial charge in [-0.05, 0) is 51.1 Å². The van der Waals surface area contributed by atoms with E-state index in [4.69, 9.17) is 9.47 Å². The number of allylic oxidation sites excluding steroid dienone is 1. The molecule has 2 heterocycles. The second kappa shape index (κ2) is 10.7. The lowest BCUT2D eigenvalue weighted by Gasteiger charge is -2.39. The molecule has 4 rings (SSSR count). The van der Waals surface area contributed by atoms with E-state index in [-0.39, 0.29) is 24.1 Å². The van der Waals surface area contributed by atoms with Crippen molar-refractivity contribution in [2.75, 3.05) is 33.4 Å². The van der Waals surface area contributed by atoms with Crippen molar-refractivity contribution in [2.45, 2.75) is 26.8 Å². The van der Waals surface area contributed by atoms with Crippen molar-refractivity contribution < 1.29 is 23.9 Å². The number of benzene rings is 2. The summed E-state index contributed by atoms with van der Waals surface area (Å²) in [6, 6.07) is 12.4. The van der Waals surface area contributed by atoms with Gasteiger partial charge in [-0.1, -0.05) is 18.2 Å². The van der Waals surface area contributed by atoms with E-state index in [2.05, 4.69) is 4.98 Å². The predicted molar refractivity (Wildman–Crippen MR) is 138 cm³/mol. The molecule has 1 aromatic heterocycles. The molecule has 1 N–H and O–H groups in total. The van der Waals surface area contributed by atoms with Gasteiger partial charge in [-0.25, -0.2) is 0 Å². The summed E-state index contributed by atoms with van der Waals surface area (Å²) in [5.74, 6) is -0.137. The van der Waals surface area contributed by atoms with Crippen LogP contribution in [0, 0.1) is 0 Å². The number of ketones is 1. The molecule has 2 aromatic carbocycles. The van der Waals surface area contributed by atoms with E-state index < -0.39 is 11.7 Å². The number of fused-ring (bicyclic) bond motifs is 1. The number of carbonyl (C=O) groups excluding carboxylic acids is 3. The van der Waals surface area contributed by atoms with Gasteiger partial charge in [0.1, 0.15) is 11.5 Å². The molecule has 0 saturated carbocycles. The van der Waals surface area contributed by atoms with Crippen LogP contribution in [0.1, 0.15) is 47.1 Å². The van der Waals surface area contributed by atoms with Gasteiger partial charge in [-0.2, -0.15) is 0 Å². The molecule has 1 atom stereocenters. The molecule has 188 valence electrons. The molecule has 0 radical (unpaired) electrons. The lowest BCUT2D eigenvalue weighted by atomic mass is 10.0. The Balaban J connectivity index is 1.58. The van der Waals surface area contributed by atoms with Gasteiger partial charge in [0.15, 0.2) is 0 Å². The highest BCUT2D eigenvalue weighted by atomic mass is 16.5. The second-order valence-electron chi connectivity index (χ2n) is 8.65. The monoisotopic (exact) mass is 489 g/mol. The van der Waals surface area contributed by atoms with Crippen molar-refractivity contribution in [3.63, 3.8) is 0 Å². The van der Waals surface area contributed by atoms with Crippen molar-refractivity contribution in [1.82, 2.24) is 14.8 Å². The number of ether oxygens (including phenoxy) is 2. The summed E-state index contributed by atoms with van der Waals surface area (Å²) in [7, 11) is 1.53. The Morgan fingerprint density at radius 3 is 2.47 bits per heavy atom. The zero-order chi connectivity index (χ0) is 25.8. The van der Waals surface area contributed by atoms with Crippen molar-refractivity contribution in [2.24, 2.45) is 0 Å². The normalized spacial score (nSPS) is 16.2. The number of aromatic nitrogens is 1. The standard InChI is InChI=1S/C28H31N3O5/c1-5-22(36-6-2)20-12-13-23(35-4)24-21(16-29-25(20)24)26(32)28(34)31-15-14-30(17-18(31)3)27(33)19-10-8-7-9-11-19/h5,7-13,16,18,29H,6,14-15,17H2,1-4H3/b22-5-. The number of hydrogen-bond donors (Lipinski definition) is 1. The summed E-state index contributed by atoms with van der Waals surface area (Å²) in [5, 5.41) is 0.540. The minimum absolute atomic E-state index is 0.0798. The van der Waals surface area contributed by atoms with Crippen LogP contribution >= 0.6 is 0 Å². The van der Waals surface area contributed by atoms with Crippen molar-refractivity contribution >= 4 is 34.3 Å². The molecule has 1 aliphatic rings. The van der Waals surface area contributed by atoms with E-state index in [1.807, 2.05) is 51.1 Å². The zero-order valence-electron chi connectivity index (χ0n) is 21.0. The Hall–Kier alpha value is -4.07. The number of carbonyl (C=O) groups is 3. The number of methoxy groups -OCH3 is 1. The first-order valence-electron chi connectivity index (χ1n) is 12.1. The Bertz CT molecular complexity index is 1310. The number of nitrogens with one attached hydrogen (secondary N) is 1. The van der Waals surface area contributed by atoms with Crippen LogP contribution < -0.4 is 4.74 Å². The summed E-state index contributed by atoms with van der Waals surface area (Å²) >= 11 is 0. The molecule has 1 unspecified atom stereocenters. The van der Waals surface area contributed by atoms with Gasteiger partial charge in [-0.15, -0.1) is 0 Å². The second-order valence-corrected chi connectivity index (χ2v) is 8.65. The van der Waals surface area contributed by atoms with Crippen LogP contribution in [0.5, 0.6) is 5.75 Å². The lowest BCUT2D eigenvalue weighted by Crippen LogP contribution is -2.56. The van der Waals surface area contributed by atoms with E-state index >= 15 is 0 Å². The molecule has 8 nitrogen and oxygen atoms in total. The molecule has 36 heavy (non-hydrogen) atoms. The van der Waals surface area contributed by atoms with Gasteiger partial charge in [0.2, 0.25) is 0 Å². The molecule has 3 aromatic rings. The molecule has 2 amide bonds. The number of H-pyrrole nitrogens is 1. The van der Waals surface area contributed by atoms with Gasteiger partial charge in [0.25, 0.3) is 17.6 Å². The Kier molecular flexibility index (Phi) is 7.43. The molecule has 0 bridgehead atoms. The first kappa shape index (κ1) is 25.0. The van der Waals surface area contributed by atoms with Gasteiger partial charge >= 0.3 is 0 Å². The number of nitrogens with zero attached hydrogens (tertiary/aromatic N) is 2. The smallest absolute Gasteiger partial charge is 0.295 e. The van der Waals surface area contributed by atoms with Crippen molar-refractivity contribution in [3.8, 4) is 5.75 Å². The Morgan fingerprint density at radius 2 is 1.83 bits per heavy atom. The topological polar surface area (TPSA) is 91.9 Å². The largest absolute Gasteiger partial charge is 0.496 e. The van der Waals surface area contributed by atoms with Gasteiger partial charge in [-0.3, -0.25) is 14.4 Å². The summed E-state index contributed by atoms with van der Waals surface area (Å²) < 4.78 is 11.3. The Labute approximate surface area is 210 Å². The highest BCUT2D eigenvalue weighted by Crippen LogP contribution is 2.35. The van der Waals surface area contributed by atoms with Crippen LogP contribution in [0.4, 0.5) is 0 Å². The minimum atomic E-state index is -0.621. The third-order valence-electron chi connectivity index (χ3n) is 6.48. The fourth-order valence-electron chi connectivity index (χ4n) is 4.70. The molecule has 1 saturated heterocycles. The number of Topliss-reactive ketones (excluding diaryl/α,β-unsaturated/α-hetero) is 1. The number of piperazine rings is 1. The van der Waals surface area contributed by atoms with E-state index in [0.29, 0.717) is 47.7 Å². The fraction of sp³-hybridized carbons (Fsp3) is 0.321. The summed E-state index contributed by atoms with van der Waals surface area (Å²) in [6.45, 7) is 7.12. The summed E-state index contributed by atoms with van der Waals surface area (Å²) in [5.41, 5.74) is 2.30. The van der Waals surface area contributed by atoms with E-state index in [0.717, 1.165) is 5.56 Å². The summed E-state index contributed by atoms with van der Waals surface area (Å²) in [6.07, 6.45) is 3.41. The average molecular weight is 490 g/mol. The van der Waals surface area contributed by atoms with Crippen LogP contribution in [-0.4, -0.2) is 71.8 Å². The van der Waals surface area contributed by atoms with E-state index in [1.165, 1.54) is 7.11 Å². The van der Waals surface area contributed by atoms with Crippen LogP contribution in [-0.2, 0) is 9.53 Å². The maximum atomic E-state index is 13.5. The molecular formula is C28H31N3O5. The van der Waals surface area contributed by atoms with Crippen LogP contribution in [0.25, 0.3) is 16.7 Å². The van der Waals surface area contributed by atoms with Crippen LogP contribution in [0.3, 0.4) is 0 Å². The molecule has 8 heteroatoms. The van der Waals surface area contributed by atoms with Gasteiger partial charge < -0.3 is 24.3 Å². The SMILES string of the molecule is C/C=C(\OCC)c1ccc(OC)c2c(C(=O)C(=O)N3CCN(C(=O)c4ccccc4)CC3C)c[nH]c12. The molecule has 0 aliphatic carbocycles. The lowest BCUT2D eigenvalue weighted by molar-refractivity contribution is -0.130. The Morgan fingerprint density at radius 1 is 1.08 bits per heavy atom. The maximum absolute atomic E-state index is 13.5. The maximum Gasteiger partial charge on any atom is 0.295 e. The first-order chi connectivity index (χ1) is 17.4. The number of amides is 2. The van der Waals surface area contributed by atoms with Gasteiger partial charge in [0.05, 0.1) is 30.2 Å². The van der Waals surface area contributed by atoms with Crippen molar-refractivity contribution in [1.29, 1.82) is 0 Å².